The number of rotatable bonds is 7. The van der Waals surface area contributed by atoms with E-state index < -0.39 is 10.0 Å². The lowest BCUT2D eigenvalue weighted by molar-refractivity contribution is 0.0958. The van der Waals surface area contributed by atoms with Gasteiger partial charge in [0.15, 0.2) is 0 Å². The normalized spacial score (nSPS) is 11.7. The molecule has 0 saturated carbocycles. The van der Waals surface area contributed by atoms with Crippen LogP contribution in [0, 0.1) is 6.92 Å². The number of nitrogens with two attached hydrogens (primary N) is 1. The molecule has 0 atom stereocenters. The second kappa shape index (κ2) is 9.03. The smallest absolute Gasteiger partial charge is 0.261 e. The number of amides is 1. The third kappa shape index (κ3) is 5.02. The Morgan fingerprint density at radius 2 is 1.78 bits per heavy atom. The maximum Gasteiger partial charge on any atom is 0.261 e. The van der Waals surface area contributed by atoms with E-state index in [1.807, 2.05) is 41.9 Å². The second-order valence-corrected chi connectivity index (χ2v) is 10.4. The fourth-order valence-corrected chi connectivity index (χ4v) is 5.07. The first-order valence-electron chi connectivity index (χ1n) is 9.82. The van der Waals surface area contributed by atoms with Crippen molar-refractivity contribution < 1.29 is 13.2 Å². The summed E-state index contributed by atoms with van der Waals surface area (Å²) in [7, 11) is -3.71. The zero-order chi connectivity index (χ0) is 22.9. The number of carbonyl (C=O) groups is 1. The predicted octanol–water partition coefficient (Wildman–Crippen LogP) is 3.73. The molecule has 3 N–H and O–H groups in total. The van der Waals surface area contributed by atoms with Crippen LogP contribution in [0.1, 0.15) is 26.5 Å². The van der Waals surface area contributed by atoms with Crippen LogP contribution in [0.2, 0.25) is 5.02 Å². The SMILES string of the molecule is Cc1nn(Cc2ccc(Cl)cc2)c2sc(C(=O)NCCc3ccc(S(N)(=O)=O)cc3)cc12. The Morgan fingerprint density at radius 1 is 1.12 bits per heavy atom. The molecule has 2 heterocycles. The molecular formula is C22H21ClN4O3S2. The number of benzene rings is 2. The fourth-order valence-electron chi connectivity index (χ4n) is 3.35. The average molecular weight is 489 g/mol. The van der Waals surface area contributed by atoms with Gasteiger partial charge in [-0.15, -0.1) is 11.3 Å². The van der Waals surface area contributed by atoms with Crippen molar-refractivity contribution in [2.75, 3.05) is 6.54 Å². The largest absolute Gasteiger partial charge is 0.351 e. The van der Waals surface area contributed by atoms with Crippen molar-refractivity contribution >= 4 is 49.1 Å². The number of carbonyl (C=O) groups excluding carboxylic acids is 1. The Hall–Kier alpha value is -2.72. The van der Waals surface area contributed by atoms with E-state index >= 15 is 0 Å². The molecule has 2 aromatic heterocycles. The Bertz CT molecular complexity index is 1380. The number of nitrogens with one attached hydrogen (secondary N) is 1. The van der Waals surface area contributed by atoms with Gasteiger partial charge in [0.25, 0.3) is 5.91 Å². The molecule has 2 aromatic carbocycles. The molecule has 0 aliphatic heterocycles. The van der Waals surface area contributed by atoms with E-state index in [0.717, 1.165) is 27.0 Å². The van der Waals surface area contributed by atoms with Crippen LogP contribution < -0.4 is 10.5 Å². The van der Waals surface area contributed by atoms with Gasteiger partial charge in [-0.25, -0.2) is 13.6 Å². The van der Waals surface area contributed by atoms with Crippen molar-refractivity contribution in [3.8, 4) is 0 Å². The number of hydrogen-bond donors (Lipinski definition) is 2. The van der Waals surface area contributed by atoms with E-state index in [2.05, 4.69) is 10.4 Å². The molecule has 0 aliphatic carbocycles. The lowest BCUT2D eigenvalue weighted by atomic mass is 10.1. The number of aryl methyl sites for hydroxylation is 1. The quantitative estimate of drug-likeness (QED) is 0.413. The number of halogens is 1. The highest BCUT2D eigenvalue weighted by Gasteiger charge is 2.16. The van der Waals surface area contributed by atoms with Gasteiger partial charge in [-0.2, -0.15) is 5.10 Å². The zero-order valence-electron chi connectivity index (χ0n) is 17.2. The van der Waals surface area contributed by atoms with Gasteiger partial charge in [-0.3, -0.25) is 9.48 Å². The molecule has 0 radical (unpaired) electrons. The Balaban J connectivity index is 1.42. The van der Waals surface area contributed by atoms with Gasteiger partial charge in [0.05, 0.1) is 22.0 Å². The van der Waals surface area contributed by atoms with Crippen LogP contribution in [-0.2, 0) is 23.0 Å². The molecule has 4 aromatic rings. The van der Waals surface area contributed by atoms with Gasteiger partial charge < -0.3 is 5.32 Å². The summed E-state index contributed by atoms with van der Waals surface area (Å²) in [4.78, 5) is 14.3. The standard InChI is InChI=1S/C22H21ClN4O3S2/c1-14-19-12-20(31-22(19)27(26-14)13-16-2-6-17(23)7-3-16)21(28)25-11-10-15-4-8-18(9-5-15)32(24,29)30/h2-9,12H,10-11,13H2,1H3,(H,25,28)(H2,24,29,30). The minimum atomic E-state index is -3.71. The number of nitrogens with zero attached hydrogens (tertiary/aromatic N) is 2. The van der Waals surface area contributed by atoms with Crippen molar-refractivity contribution in [3.05, 3.63) is 81.3 Å². The van der Waals surface area contributed by atoms with Crippen LogP contribution in [0.15, 0.2) is 59.5 Å². The maximum atomic E-state index is 12.7. The van der Waals surface area contributed by atoms with Crippen LogP contribution in [-0.4, -0.2) is 30.7 Å². The molecular weight excluding hydrogens is 468 g/mol. The van der Waals surface area contributed by atoms with Gasteiger partial charge in [-0.05, 0) is 54.8 Å². The molecule has 4 rings (SSSR count). The Labute approximate surface area is 194 Å². The van der Waals surface area contributed by atoms with Crippen molar-refractivity contribution in [1.82, 2.24) is 15.1 Å². The van der Waals surface area contributed by atoms with E-state index in [0.29, 0.717) is 29.4 Å². The molecule has 166 valence electrons. The highest BCUT2D eigenvalue weighted by molar-refractivity contribution is 7.89. The van der Waals surface area contributed by atoms with E-state index in [-0.39, 0.29) is 10.8 Å². The van der Waals surface area contributed by atoms with Crippen molar-refractivity contribution in [3.63, 3.8) is 0 Å². The molecule has 0 bridgehead atoms. The third-order valence-electron chi connectivity index (χ3n) is 5.03. The molecule has 7 nitrogen and oxygen atoms in total. The summed E-state index contributed by atoms with van der Waals surface area (Å²) in [6.45, 7) is 2.95. The van der Waals surface area contributed by atoms with Gasteiger partial charge in [-0.1, -0.05) is 35.9 Å². The first kappa shape index (κ1) is 22.5. The molecule has 0 saturated heterocycles. The summed E-state index contributed by atoms with van der Waals surface area (Å²) in [5.41, 5.74) is 2.86. The molecule has 0 aliphatic rings. The second-order valence-electron chi connectivity index (χ2n) is 7.39. The minimum absolute atomic E-state index is 0.0681. The number of fused-ring (bicyclic) bond motifs is 1. The van der Waals surface area contributed by atoms with Crippen LogP contribution >= 0.6 is 22.9 Å². The molecule has 32 heavy (non-hydrogen) atoms. The monoisotopic (exact) mass is 488 g/mol. The van der Waals surface area contributed by atoms with Crippen LogP contribution in [0.3, 0.4) is 0 Å². The first-order valence-corrected chi connectivity index (χ1v) is 12.6. The lowest BCUT2D eigenvalue weighted by Crippen LogP contribution is -2.24. The summed E-state index contributed by atoms with van der Waals surface area (Å²) in [6.07, 6.45) is 0.574. The van der Waals surface area contributed by atoms with Gasteiger partial charge in [0.2, 0.25) is 10.0 Å². The van der Waals surface area contributed by atoms with Crippen molar-refractivity contribution in [2.24, 2.45) is 5.14 Å². The van der Waals surface area contributed by atoms with E-state index in [1.165, 1.54) is 23.5 Å². The average Bonchev–Trinajstić information content (AvgIpc) is 3.31. The zero-order valence-corrected chi connectivity index (χ0v) is 19.6. The van der Waals surface area contributed by atoms with E-state index in [4.69, 9.17) is 16.7 Å². The van der Waals surface area contributed by atoms with Gasteiger partial charge in [0, 0.05) is 17.0 Å². The molecule has 1 amide bonds. The van der Waals surface area contributed by atoms with Crippen LogP contribution in [0.25, 0.3) is 10.2 Å². The van der Waals surface area contributed by atoms with Crippen LogP contribution in [0.5, 0.6) is 0 Å². The lowest BCUT2D eigenvalue weighted by Gasteiger charge is -2.05. The summed E-state index contributed by atoms with van der Waals surface area (Å²) in [5.74, 6) is -0.148. The summed E-state index contributed by atoms with van der Waals surface area (Å²) < 4.78 is 24.6. The summed E-state index contributed by atoms with van der Waals surface area (Å²) in [5, 5.41) is 14.3. The number of hydrogen-bond acceptors (Lipinski definition) is 5. The highest BCUT2D eigenvalue weighted by Crippen LogP contribution is 2.29. The number of thiophene rings is 1. The Kier molecular flexibility index (Phi) is 6.34. The van der Waals surface area contributed by atoms with E-state index in [1.54, 1.807) is 12.1 Å². The predicted molar refractivity (Wildman–Crippen MR) is 127 cm³/mol. The molecule has 0 fully saturated rings. The molecule has 0 spiro atoms. The van der Waals surface area contributed by atoms with Gasteiger partial charge >= 0.3 is 0 Å². The number of sulfonamides is 1. The minimum Gasteiger partial charge on any atom is -0.351 e. The Morgan fingerprint density at radius 3 is 2.44 bits per heavy atom. The number of primary sulfonamides is 1. The summed E-state index contributed by atoms with van der Waals surface area (Å²) in [6, 6.07) is 15.8. The highest BCUT2D eigenvalue weighted by atomic mass is 35.5. The fraction of sp³-hybridized carbons (Fsp3) is 0.182. The first-order chi connectivity index (χ1) is 15.2. The van der Waals surface area contributed by atoms with Crippen LogP contribution in [0.4, 0.5) is 0 Å². The third-order valence-corrected chi connectivity index (χ3v) is 7.36. The van der Waals surface area contributed by atoms with Gasteiger partial charge in [0.1, 0.15) is 4.83 Å². The van der Waals surface area contributed by atoms with Crippen molar-refractivity contribution in [1.29, 1.82) is 0 Å². The summed E-state index contributed by atoms with van der Waals surface area (Å²) >= 11 is 7.37. The van der Waals surface area contributed by atoms with Crippen molar-refractivity contribution in [2.45, 2.75) is 24.8 Å². The number of aromatic nitrogens is 2. The topological polar surface area (TPSA) is 107 Å². The van der Waals surface area contributed by atoms with E-state index in [9.17, 15) is 13.2 Å². The maximum absolute atomic E-state index is 12.7. The molecule has 0 unspecified atom stereocenters. The molecule has 10 heteroatoms.